The van der Waals surface area contributed by atoms with Crippen LogP contribution in [0.15, 0.2) is 0 Å². The molecule has 3 atom stereocenters. The van der Waals surface area contributed by atoms with Crippen LogP contribution in [0.4, 0.5) is 0 Å². The third-order valence-corrected chi connectivity index (χ3v) is 11.1. The SMILES string of the molecule is CCCCCCCCCCCCCCCCCCCCCCCCCCC(O)C(COP(=O)(O)OCC[N+](C)(C)C)NC(=O)CCCCCCC. The molecule has 8 nitrogen and oxygen atoms in total. The lowest BCUT2D eigenvalue weighted by atomic mass is 10.0. The van der Waals surface area contributed by atoms with Gasteiger partial charge < -0.3 is 19.8 Å². The van der Waals surface area contributed by atoms with E-state index < -0.39 is 20.0 Å². The molecule has 51 heavy (non-hydrogen) atoms. The first kappa shape index (κ1) is 50.5. The number of quaternary nitrogens is 1. The van der Waals surface area contributed by atoms with Crippen LogP contribution in [-0.4, -0.2) is 73.4 Å². The van der Waals surface area contributed by atoms with Crippen molar-refractivity contribution >= 4 is 13.7 Å². The van der Waals surface area contributed by atoms with E-state index in [4.69, 9.17) is 9.05 Å². The van der Waals surface area contributed by atoms with Gasteiger partial charge in [0.05, 0.1) is 39.9 Å². The summed E-state index contributed by atoms with van der Waals surface area (Å²) in [4.78, 5) is 22.8. The second-order valence-electron chi connectivity index (χ2n) is 16.4. The Morgan fingerprint density at radius 1 is 0.588 bits per heavy atom. The molecule has 3 N–H and O–H groups in total. The van der Waals surface area contributed by atoms with Crippen molar-refractivity contribution in [2.24, 2.45) is 0 Å². The first-order valence-corrected chi connectivity index (χ1v) is 23.4. The van der Waals surface area contributed by atoms with Gasteiger partial charge in [0.25, 0.3) is 0 Å². The van der Waals surface area contributed by atoms with Crippen molar-refractivity contribution in [3.05, 3.63) is 0 Å². The monoisotopic (exact) mass is 748 g/mol. The van der Waals surface area contributed by atoms with E-state index in [-0.39, 0.29) is 19.1 Å². The molecular weight excluding hydrogens is 659 g/mol. The second-order valence-corrected chi connectivity index (χ2v) is 17.9. The number of hydrogen-bond donors (Lipinski definition) is 3. The predicted molar refractivity (Wildman–Crippen MR) is 217 cm³/mol. The minimum absolute atomic E-state index is 0.0775. The number of phosphoric ester groups is 1. The quantitative estimate of drug-likeness (QED) is 0.0327. The topological polar surface area (TPSA) is 105 Å². The number of carbonyl (C=O) groups is 1. The summed E-state index contributed by atoms with van der Waals surface area (Å²) in [7, 11) is 1.62. The first-order valence-electron chi connectivity index (χ1n) is 21.9. The molecule has 0 saturated carbocycles. The maximum Gasteiger partial charge on any atom is 0.472 e. The molecule has 0 saturated heterocycles. The summed E-state index contributed by atoms with van der Waals surface area (Å²) in [6.07, 6.45) is 37.5. The lowest BCUT2D eigenvalue weighted by molar-refractivity contribution is -0.870. The smallest absolute Gasteiger partial charge is 0.391 e. The number of amides is 1. The summed E-state index contributed by atoms with van der Waals surface area (Å²) < 4.78 is 23.4. The van der Waals surface area contributed by atoms with E-state index in [1.54, 1.807) is 0 Å². The summed E-state index contributed by atoms with van der Waals surface area (Å²) in [6, 6.07) is -0.750. The molecule has 0 bridgehead atoms. The standard InChI is InChI=1S/C42H87N2O6P/c1-6-8-10-12-13-14-15-16-17-18-19-20-21-22-23-24-25-26-27-28-29-30-32-33-35-41(45)40(43-42(46)36-34-31-11-9-7-2)39-50-51(47,48)49-38-37-44(3,4)5/h40-41,45H,6-39H2,1-5H3,(H-,43,46,47,48)/p+1. The van der Waals surface area contributed by atoms with Crippen LogP contribution in [0.3, 0.4) is 0 Å². The number of rotatable bonds is 40. The van der Waals surface area contributed by atoms with Gasteiger partial charge in [-0.1, -0.05) is 194 Å². The Labute approximate surface area is 317 Å². The Morgan fingerprint density at radius 3 is 1.31 bits per heavy atom. The Balaban J connectivity index is 4.00. The number of unbranched alkanes of at least 4 members (excludes halogenated alkanes) is 27. The molecule has 9 heteroatoms. The minimum Gasteiger partial charge on any atom is -0.391 e. The van der Waals surface area contributed by atoms with E-state index >= 15 is 0 Å². The van der Waals surface area contributed by atoms with Crippen molar-refractivity contribution in [3.8, 4) is 0 Å². The number of nitrogens with zero attached hydrogens (tertiary/aromatic N) is 1. The fraction of sp³-hybridized carbons (Fsp3) is 0.976. The lowest BCUT2D eigenvalue weighted by Gasteiger charge is -2.26. The van der Waals surface area contributed by atoms with Gasteiger partial charge in [0.1, 0.15) is 13.2 Å². The Hall–Kier alpha value is -0.500. The van der Waals surface area contributed by atoms with Crippen LogP contribution in [-0.2, 0) is 18.4 Å². The number of hydrogen-bond acceptors (Lipinski definition) is 5. The molecule has 0 aromatic rings. The summed E-state index contributed by atoms with van der Waals surface area (Å²) >= 11 is 0. The molecule has 0 spiro atoms. The van der Waals surface area contributed by atoms with E-state index in [1.165, 1.54) is 135 Å². The zero-order chi connectivity index (χ0) is 37.9. The number of aliphatic hydroxyl groups is 1. The van der Waals surface area contributed by atoms with Crippen molar-refractivity contribution in [2.75, 3.05) is 40.9 Å². The van der Waals surface area contributed by atoms with Crippen LogP contribution < -0.4 is 5.32 Å². The normalized spacial score (nSPS) is 14.4. The van der Waals surface area contributed by atoms with Gasteiger partial charge in [0, 0.05) is 6.42 Å². The average molecular weight is 748 g/mol. The Kier molecular flexibility index (Phi) is 34.9. The van der Waals surface area contributed by atoms with Crippen LogP contribution >= 0.6 is 7.82 Å². The number of phosphoric acid groups is 1. The maximum atomic E-state index is 12.6. The molecule has 0 fully saturated rings. The zero-order valence-corrected chi connectivity index (χ0v) is 35.5. The molecule has 306 valence electrons. The summed E-state index contributed by atoms with van der Waals surface area (Å²) in [5.41, 5.74) is 0. The fourth-order valence-corrected chi connectivity index (χ4v) is 7.31. The molecule has 0 aromatic carbocycles. The molecule has 0 aromatic heterocycles. The van der Waals surface area contributed by atoms with E-state index in [0.29, 0.717) is 23.9 Å². The van der Waals surface area contributed by atoms with Gasteiger partial charge in [-0.2, -0.15) is 0 Å². The highest BCUT2D eigenvalue weighted by atomic mass is 31.2. The predicted octanol–water partition coefficient (Wildman–Crippen LogP) is 11.8. The largest absolute Gasteiger partial charge is 0.472 e. The van der Waals surface area contributed by atoms with Gasteiger partial charge in [0.15, 0.2) is 0 Å². The van der Waals surface area contributed by atoms with Gasteiger partial charge in [-0.05, 0) is 12.8 Å². The van der Waals surface area contributed by atoms with Crippen LogP contribution in [0, 0.1) is 0 Å². The van der Waals surface area contributed by atoms with E-state index in [1.807, 2.05) is 21.1 Å². The van der Waals surface area contributed by atoms with Crippen molar-refractivity contribution in [1.29, 1.82) is 0 Å². The van der Waals surface area contributed by atoms with Crippen LogP contribution in [0.2, 0.25) is 0 Å². The van der Waals surface area contributed by atoms with Crippen molar-refractivity contribution in [3.63, 3.8) is 0 Å². The molecule has 0 aliphatic rings. The maximum absolute atomic E-state index is 12.6. The highest BCUT2D eigenvalue weighted by Crippen LogP contribution is 2.43. The lowest BCUT2D eigenvalue weighted by Crippen LogP contribution is -2.46. The third-order valence-electron chi connectivity index (χ3n) is 10.1. The molecule has 0 radical (unpaired) electrons. The number of carbonyl (C=O) groups excluding carboxylic acids is 1. The van der Waals surface area contributed by atoms with Crippen LogP contribution in [0.1, 0.15) is 213 Å². The van der Waals surface area contributed by atoms with Crippen molar-refractivity contribution < 1.29 is 32.9 Å². The van der Waals surface area contributed by atoms with Crippen LogP contribution in [0.25, 0.3) is 0 Å². The van der Waals surface area contributed by atoms with E-state index in [9.17, 15) is 19.4 Å². The van der Waals surface area contributed by atoms with Gasteiger partial charge in [-0.25, -0.2) is 4.57 Å². The van der Waals surface area contributed by atoms with Crippen LogP contribution in [0.5, 0.6) is 0 Å². The van der Waals surface area contributed by atoms with Gasteiger partial charge in [-0.3, -0.25) is 13.8 Å². The van der Waals surface area contributed by atoms with Gasteiger partial charge in [0.2, 0.25) is 5.91 Å². The Bertz CT molecular complexity index is 809. The fourth-order valence-electron chi connectivity index (χ4n) is 6.58. The summed E-state index contributed by atoms with van der Waals surface area (Å²) in [5.74, 6) is -0.155. The molecule has 0 aliphatic heterocycles. The van der Waals surface area contributed by atoms with E-state index in [2.05, 4.69) is 19.2 Å². The van der Waals surface area contributed by atoms with Gasteiger partial charge in [-0.15, -0.1) is 0 Å². The number of nitrogens with one attached hydrogen (secondary N) is 1. The molecule has 0 aliphatic carbocycles. The second kappa shape index (κ2) is 35.2. The summed E-state index contributed by atoms with van der Waals surface area (Å²) in [6.45, 7) is 4.81. The number of aliphatic hydroxyl groups excluding tert-OH is 1. The molecule has 1 amide bonds. The third kappa shape index (κ3) is 37.6. The molecule has 3 unspecified atom stereocenters. The minimum atomic E-state index is -4.29. The highest BCUT2D eigenvalue weighted by Gasteiger charge is 2.28. The number of likely N-dealkylation sites (N-methyl/N-ethyl adjacent to an activating group) is 1. The van der Waals surface area contributed by atoms with Gasteiger partial charge >= 0.3 is 7.82 Å². The van der Waals surface area contributed by atoms with Crippen molar-refractivity contribution in [2.45, 2.75) is 225 Å². The average Bonchev–Trinajstić information content (AvgIpc) is 3.07. The molecular formula is C42H88N2O6P+. The van der Waals surface area contributed by atoms with E-state index in [0.717, 1.165) is 51.4 Å². The summed E-state index contributed by atoms with van der Waals surface area (Å²) in [5, 5.41) is 13.8. The highest BCUT2D eigenvalue weighted by molar-refractivity contribution is 7.47. The molecule has 0 rings (SSSR count). The first-order chi connectivity index (χ1) is 24.5. The van der Waals surface area contributed by atoms with Crippen molar-refractivity contribution in [1.82, 2.24) is 5.32 Å². The zero-order valence-electron chi connectivity index (χ0n) is 34.6. The Morgan fingerprint density at radius 2 is 0.941 bits per heavy atom. The molecule has 0 heterocycles.